The van der Waals surface area contributed by atoms with Crippen molar-refractivity contribution >= 4 is 170 Å². The molecule has 114 heavy (non-hydrogen) atoms. The number of carboxylic acids is 2. The van der Waals surface area contributed by atoms with E-state index in [2.05, 4.69) is 72.2 Å². The molecule has 0 saturated carbocycles. The first-order valence-corrected chi connectivity index (χ1v) is 36.8. The maximum absolute atomic E-state index is 12.8. The van der Waals surface area contributed by atoms with Crippen LogP contribution in [0.15, 0.2) is 78.7 Å². The van der Waals surface area contributed by atoms with Gasteiger partial charge in [-0.2, -0.15) is 26.0 Å². The maximum Gasteiger partial charge on any atom is 1.00 e. The number of nitrogen functional groups attached to an aromatic ring is 3. The zero-order valence-electron chi connectivity index (χ0n) is 60.1. The van der Waals surface area contributed by atoms with Gasteiger partial charge in [-0.1, -0.05) is 7.43 Å². The van der Waals surface area contributed by atoms with Gasteiger partial charge in [0.25, 0.3) is 11.8 Å². The van der Waals surface area contributed by atoms with E-state index < -0.39 is 86.0 Å². The summed E-state index contributed by atoms with van der Waals surface area (Å²) in [4.78, 5) is 138. The van der Waals surface area contributed by atoms with Crippen molar-refractivity contribution in [2.24, 2.45) is 0 Å². The molecule has 3 aromatic carbocycles. The predicted molar refractivity (Wildman–Crippen MR) is 368 cm³/mol. The SMILES string of the molecule is C.Nc1cc2oc(=O)c3c(c2cc1SOO[O-])C(C(CC(=O)NCCCC(=O)O)SOO[O-])CC3.Nc1cc2oc(=O)c3c(c2cc1SOO[O-])C(C(CC(=O)NCCCC(=O)ON1C(=O)CCC1=O)SOO[O-])CC3.Nc1ccc2c3c(c(=O)oc2c1SOO[O-])CCC3C(CC(=O)NCCCC(=O)O)SOO[O-].[Na+].[Na+].[Na+].[Na+]. The number of benzene rings is 3. The van der Waals surface area contributed by atoms with Crippen molar-refractivity contribution in [1.82, 2.24) is 21.0 Å². The van der Waals surface area contributed by atoms with Crippen LogP contribution >= 0.6 is 72.3 Å². The number of anilines is 3. The van der Waals surface area contributed by atoms with Crippen LogP contribution in [0.3, 0.4) is 0 Å². The predicted octanol–water partition coefficient (Wildman–Crippen LogP) is -11.1. The van der Waals surface area contributed by atoms with Crippen LogP contribution in [0.1, 0.15) is 148 Å². The molecular weight excluding hydrogens is 1690 g/mol. The third-order valence-electron chi connectivity index (χ3n) is 17.2. The van der Waals surface area contributed by atoms with Crippen molar-refractivity contribution in [3.63, 3.8) is 0 Å². The first kappa shape index (κ1) is 104. The van der Waals surface area contributed by atoms with Crippen molar-refractivity contribution in [3.8, 4) is 0 Å². The number of rotatable bonds is 40. The molecule has 42 nitrogen and oxygen atoms in total. The first-order chi connectivity index (χ1) is 52.4. The summed E-state index contributed by atoms with van der Waals surface area (Å²) in [5, 5.41) is 108. The summed E-state index contributed by atoms with van der Waals surface area (Å²) in [7, 11) is 0. The quantitative estimate of drug-likeness (QED) is 0.00259. The molecule has 3 aliphatic carbocycles. The van der Waals surface area contributed by atoms with E-state index in [1.165, 1.54) is 12.1 Å². The summed E-state index contributed by atoms with van der Waals surface area (Å²) >= 11 is 3.56. The Labute approximate surface area is 758 Å². The molecule has 0 spiro atoms. The number of imide groups is 1. The van der Waals surface area contributed by atoms with Crippen LogP contribution in [-0.4, -0.2) is 98.1 Å². The Bertz CT molecular complexity index is 4380. The average Bonchev–Trinajstić information content (AvgIpc) is 1.54. The number of carbonyl (C=O) groups is 8. The van der Waals surface area contributed by atoms with E-state index in [1.54, 1.807) is 24.3 Å². The molecule has 1 aliphatic heterocycles. The molecule has 6 atom stereocenters. The van der Waals surface area contributed by atoms with Gasteiger partial charge in [0.05, 0.1) is 63.0 Å². The summed E-state index contributed by atoms with van der Waals surface area (Å²) in [5.74, 6) is -6.43. The Morgan fingerprint density at radius 1 is 0.474 bits per heavy atom. The third kappa shape index (κ3) is 29.2. The van der Waals surface area contributed by atoms with E-state index in [0.717, 1.165) is 0 Å². The molecule has 0 bridgehead atoms. The Morgan fingerprint density at radius 2 is 0.825 bits per heavy atom. The number of nitrogens with zero attached hydrogens (tertiary/aromatic N) is 1. The number of hydrogen-bond acceptors (Lipinski definition) is 42. The van der Waals surface area contributed by atoms with E-state index in [0.29, 0.717) is 175 Å². The molecule has 11 N–H and O–H groups in total. The van der Waals surface area contributed by atoms with Gasteiger partial charge in [0.2, 0.25) is 17.7 Å². The smallest absolute Gasteiger partial charge is 0.691 e. The number of fused-ring (bicyclic) bond motifs is 9. The summed E-state index contributed by atoms with van der Waals surface area (Å²) in [5.41, 5.74) is 20.1. The fraction of sp³-hybridized carbons (Fsp3) is 0.435. The van der Waals surface area contributed by atoms with Crippen molar-refractivity contribution < 1.29 is 273 Å². The summed E-state index contributed by atoms with van der Waals surface area (Å²) in [6, 6.07) is 9.14. The maximum atomic E-state index is 12.8. The Balaban J connectivity index is 0.000000436. The van der Waals surface area contributed by atoms with Gasteiger partial charge >= 0.3 is 153 Å². The first-order valence-electron chi connectivity index (χ1n) is 32.2. The van der Waals surface area contributed by atoms with Crippen LogP contribution in [-0.2, 0) is 119 Å². The second-order valence-corrected chi connectivity index (χ2v) is 28.7. The van der Waals surface area contributed by atoms with Crippen molar-refractivity contribution in [3.05, 3.63) is 101 Å². The number of carbonyl (C=O) groups excluding carboxylic acids is 6. The average molecular weight is 1750 g/mol. The molecule has 5 amide bonds. The molecule has 3 aromatic heterocycles. The van der Waals surface area contributed by atoms with Crippen LogP contribution in [0.5, 0.6) is 0 Å². The number of carboxylic acid groups (broad SMARTS) is 2. The number of aliphatic carboxylic acids is 2. The van der Waals surface area contributed by atoms with Crippen molar-refractivity contribution in [1.29, 1.82) is 0 Å². The van der Waals surface area contributed by atoms with Gasteiger partial charge in [0.1, 0.15) is 16.1 Å². The standard InChI is InChI=1S/C23H25N3O13S2.2C19H22N2O11S2.CH4.4Na/c24-14-9-15-13(8-17(14)41-39-37-33)22-11(3-4-12(22)23(31)34-15)16(40-38-36-32)10-18(27)25-7-1-2-21(30)35-26-19(28)5-6-20(26)29;20-12-6-5-10-16-9(3-4-11(16)19(25)28-17(10)18(12)34-32-30-27)13(33-31-29-26)8-14(22)21-7-1-2-15(23)24;20-12-7-13-11(6-15(12)34-32-30-27)18-9(3-4-10(18)19(25)28-13)14(33-31-29-26)8-16(22)21-5-1-2-17(23)24;;;;;/h8-9,11,16,32-33H,1-7,10,24H2,(H,25,27);5-6,9,13,26-27H,1-4,7-8,20H2,(H,21,22)(H,23,24);6-7,9,14,26-27H,1-5,8,20H2,(H,21,22)(H,23,24);1H4;;;;/q;;;;4*+1/p-6. The van der Waals surface area contributed by atoms with E-state index >= 15 is 0 Å². The van der Waals surface area contributed by atoms with Gasteiger partial charge in [-0.25, -0.2) is 19.2 Å². The Kier molecular flexibility index (Phi) is 48.4. The number of nitrogens with one attached hydrogen (secondary N) is 3. The minimum absolute atomic E-state index is 0. The van der Waals surface area contributed by atoms with Crippen molar-refractivity contribution in [2.45, 2.75) is 165 Å². The van der Waals surface area contributed by atoms with Crippen LogP contribution in [0.25, 0.3) is 32.9 Å². The molecular formula is C62H67N7Na4O35S6-2. The van der Waals surface area contributed by atoms with Gasteiger partial charge in [-0.3, -0.25) is 63.8 Å². The van der Waals surface area contributed by atoms with Crippen LogP contribution < -0.4 is 200 Å². The fourth-order valence-electron chi connectivity index (χ4n) is 12.6. The normalized spacial score (nSPS) is 15.7. The number of hydrogen-bond donors (Lipinski definition) is 8. The molecule has 10 rings (SSSR count). The number of nitrogens with two attached hydrogens (primary N) is 3. The monoisotopic (exact) mass is 1750 g/mol. The summed E-state index contributed by atoms with van der Waals surface area (Å²) in [6.45, 7) is 0.398. The van der Waals surface area contributed by atoms with Gasteiger partial charge in [-0.05, 0) is 98.7 Å². The molecule has 52 heteroatoms. The number of hydroxylamine groups is 2. The molecule has 0 radical (unpaired) electrons. The second-order valence-electron chi connectivity index (χ2n) is 23.7. The van der Waals surface area contributed by atoms with Gasteiger partial charge in [0, 0.05) is 186 Å². The van der Waals surface area contributed by atoms with Crippen LogP contribution in [0.2, 0.25) is 0 Å². The van der Waals surface area contributed by atoms with Crippen LogP contribution in [0.4, 0.5) is 17.1 Å². The molecule has 602 valence electrons. The van der Waals surface area contributed by atoms with E-state index in [4.69, 9.17) is 45.5 Å². The van der Waals surface area contributed by atoms with Crippen molar-refractivity contribution in [2.75, 3.05) is 36.8 Å². The molecule has 6 aromatic rings. The van der Waals surface area contributed by atoms with Gasteiger partial charge < -0.3 is 93.0 Å². The third-order valence-corrected chi connectivity index (χ3v) is 21.8. The summed E-state index contributed by atoms with van der Waals surface area (Å²) < 4.78 is 43.0. The minimum atomic E-state index is -0.970. The molecule has 1 fully saturated rings. The minimum Gasteiger partial charge on any atom is -0.691 e. The molecule has 6 unspecified atom stereocenters. The second kappa shape index (κ2) is 52.9. The Morgan fingerprint density at radius 3 is 1.19 bits per heavy atom. The molecule has 4 aliphatic rings. The zero-order valence-corrected chi connectivity index (χ0v) is 73.0. The van der Waals surface area contributed by atoms with Crippen LogP contribution in [0, 0.1) is 0 Å². The molecule has 1 saturated heterocycles. The number of amides is 5. The van der Waals surface area contributed by atoms with E-state index in [1.807, 2.05) is 0 Å². The largest absolute Gasteiger partial charge is 1.00 e. The topological polar surface area (TPSA) is 643 Å². The van der Waals surface area contributed by atoms with Gasteiger partial charge in [0.15, 0.2) is 5.58 Å². The van der Waals surface area contributed by atoms with E-state index in [9.17, 15) is 84.3 Å². The molecule has 4 heterocycles. The van der Waals surface area contributed by atoms with Gasteiger partial charge in [-0.15, -0.1) is 5.06 Å². The summed E-state index contributed by atoms with van der Waals surface area (Å²) in [6.07, 6.45) is 2.31. The van der Waals surface area contributed by atoms with E-state index in [-0.39, 0.29) is 266 Å². The Hall–Kier alpha value is -3.97. The fourth-order valence-corrected chi connectivity index (χ4v) is 16.2. The zero-order chi connectivity index (χ0) is 78.8.